The fraction of sp³-hybridized carbons (Fsp3) is 0.438. The second kappa shape index (κ2) is 4.81. The van der Waals surface area contributed by atoms with Gasteiger partial charge in [-0.2, -0.15) is 0 Å². The summed E-state index contributed by atoms with van der Waals surface area (Å²) in [7, 11) is 0. The first-order chi connectivity index (χ1) is 9.49. The van der Waals surface area contributed by atoms with Crippen molar-refractivity contribution in [3.8, 4) is 0 Å². The summed E-state index contributed by atoms with van der Waals surface area (Å²) in [5, 5.41) is 11.1. The van der Waals surface area contributed by atoms with Crippen molar-refractivity contribution >= 4 is 28.5 Å². The Morgan fingerprint density at radius 3 is 2.85 bits per heavy atom. The largest absolute Gasteiger partial charge is 0.481 e. The Kier molecular flexibility index (Phi) is 3.25. The minimum Gasteiger partial charge on any atom is -0.481 e. The molecule has 0 bridgehead atoms. The van der Waals surface area contributed by atoms with Crippen LogP contribution in [-0.2, 0) is 17.6 Å². The van der Waals surface area contributed by atoms with E-state index in [2.05, 4.69) is 18.4 Å². The van der Waals surface area contributed by atoms with E-state index in [9.17, 15) is 9.90 Å². The maximum absolute atomic E-state index is 11.3. The normalized spacial score (nSPS) is 18.5. The maximum atomic E-state index is 11.3. The van der Waals surface area contributed by atoms with Crippen molar-refractivity contribution in [2.24, 2.45) is 5.92 Å². The van der Waals surface area contributed by atoms with Gasteiger partial charge in [0.05, 0.1) is 5.92 Å². The number of nitrogens with zero attached hydrogens (tertiary/aromatic N) is 1. The first-order valence-electron chi connectivity index (χ1n) is 7.03. The van der Waals surface area contributed by atoms with Crippen LogP contribution >= 0.6 is 11.6 Å². The highest BCUT2D eigenvalue weighted by Crippen LogP contribution is 2.37. The molecule has 1 atom stereocenters. The van der Waals surface area contributed by atoms with Gasteiger partial charge in [0.1, 0.15) is 0 Å². The lowest BCUT2D eigenvalue weighted by Crippen LogP contribution is -2.23. The molecule has 20 heavy (non-hydrogen) atoms. The van der Waals surface area contributed by atoms with Crippen LogP contribution in [0.5, 0.6) is 0 Å². The molecule has 3 rings (SSSR count). The van der Waals surface area contributed by atoms with E-state index in [1.54, 1.807) is 0 Å². The van der Waals surface area contributed by atoms with Crippen LogP contribution in [-0.4, -0.2) is 15.6 Å². The molecule has 1 aromatic carbocycles. The number of rotatable bonds is 2. The van der Waals surface area contributed by atoms with E-state index in [0.717, 1.165) is 18.2 Å². The fourth-order valence-corrected chi connectivity index (χ4v) is 3.54. The van der Waals surface area contributed by atoms with Gasteiger partial charge < -0.3 is 9.67 Å². The number of hydrogen-bond acceptors (Lipinski definition) is 1. The summed E-state index contributed by atoms with van der Waals surface area (Å²) in [4.78, 5) is 11.3. The summed E-state index contributed by atoms with van der Waals surface area (Å²) in [5.74, 6) is -0.962. The molecule has 3 nitrogen and oxygen atoms in total. The third kappa shape index (κ3) is 2.01. The number of halogens is 1. The summed E-state index contributed by atoms with van der Waals surface area (Å²) in [5.41, 5.74) is 3.63. The number of fused-ring (bicyclic) bond motifs is 3. The first-order valence-corrected chi connectivity index (χ1v) is 7.41. The molecule has 0 saturated heterocycles. The molecule has 0 amide bonds. The molecule has 0 saturated carbocycles. The molecular formula is C16H18ClNO2. The number of benzene rings is 1. The number of carbonyl (C=O) groups is 1. The van der Waals surface area contributed by atoms with Crippen LogP contribution in [0.1, 0.15) is 37.6 Å². The molecule has 0 radical (unpaired) electrons. The topological polar surface area (TPSA) is 42.2 Å². The van der Waals surface area contributed by atoms with Gasteiger partial charge in [0.15, 0.2) is 0 Å². The van der Waals surface area contributed by atoms with Gasteiger partial charge >= 0.3 is 5.97 Å². The lowest BCUT2D eigenvalue weighted by atomic mass is 9.86. The zero-order valence-electron chi connectivity index (χ0n) is 11.7. The minimum atomic E-state index is -0.692. The van der Waals surface area contributed by atoms with Gasteiger partial charge in [-0.15, -0.1) is 0 Å². The number of aliphatic carboxylic acids is 1. The standard InChI is InChI=1S/C16H18ClNO2/c1-9(2)18-14-5-3-10(16(19)20)7-12(14)13-8-11(17)4-6-15(13)18/h4,6,8-10H,3,5,7H2,1-2H3,(H,19,20). The van der Waals surface area contributed by atoms with Gasteiger partial charge in [0, 0.05) is 27.7 Å². The van der Waals surface area contributed by atoms with Crippen LogP contribution < -0.4 is 0 Å². The molecule has 0 fully saturated rings. The molecule has 1 aliphatic carbocycles. The van der Waals surface area contributed by atoms with E-state index in [-0.39, 0.29) is 5.92 Å². The van der Waals surface area contributed by atoms with Gasteiger partial charge in [0.2, 0.25) is 0 Å². The minimum absolute atomic E-state index is 0.271. The van der Waals surface area contributed by atoms with Crippen molar-refractivity contribution in [3.63, 3.8) is 0 Å². The summed E-state index contributed by atoms with van der Waals surface area (Å²) >= 11 is 6.12. The van der Waals surface area contributed by atoms with Crippen LogP contribution in [0.2, 0.25) is 5.02 Å². The van der Waals surface area contributed by atoms with Crippen molar-refractivity contribution in [1.82, 2.24) is 4.57 Å². The lowest BCUT2D eigenvalue weighted by molar-refractivity contribution is -0.142. The van der Waals surface area contributed by atoms with Crippen molar-refractivity contribution < 1.29 is 9.90 Å². The van der Waals surface area contributed by atoms with Crippen molar-refractivity contribution in [3.05, 3.63) is 34.5 Å². The second-order valence-corrected chi connectivity index (χ2v) is 6.26. The Hall–Kier alpha value is -1.48. The fourth-order valence-electron chi connectivity index (χ4n) is 3.37. The highest BCUT2D eigenvalue weighted by atomic mass is 35.5. The lowest BCUT2D eigenvalue weighted by Gasteiger charge is -2.22. The summed E-state index contributed by atoms with van der Waals surface area (Å²) < 4.78 is 2.33. The van der Waals surface area contributed by atoms with E-state index in [0.29, 0.717) is 17.5 Å². The highest BCUT2D eigenvalue weighted by Gasteiger charge is 2.29. The molecule has 1 N–H and O–H groups in total. The van der Waals surface area contributed by atoms with Gasteiger partial charge in [-0.1, -0.05) is 11.6 Å². The zero-order valence-corrected chi connectivity index (χ0v) is 12.4. The van der Waals surface area contributed by atoms with Crippen LogP contribution in [0.15, 0.2) is 18.2 Å². The van der Waals surface area contributed by atoms with E-state index in [1.165, 1.54) is 16.8 Å². The number of hydrogen-bond donors (Lipinski definition) is 1. The van der Waals surface area contributed by atoms with Gasteiger partial charge in [-0.05, 0) is 56.9 Å². The third-order valence-corrected chi connectivity index (χ3v) is 4.46. The predicted molar refractivity (Wildman–Crippen MR) is 80.5 cm³/mol. The van der Waals surface area contributed by atoms with Crippen LogP contribution in [0.4, 0.5) is 0 Å². The Labute approximate surface area is 123 Å². The van der Waals surface area contributed by atoms with Crippen LogP contribution in [0.3, 0.4) is 0 Å². The van der Waals surface area contributed by atoms with Gasteiger partial charge in [0.25, 0.3) is 0 Å². The SMILES string of the molecule is CC(C)n1c2c(c3cc(Cl)ccc31)CC(C(=O)O)CC2. The maximum Gasteiger partial charge on any atom is 0.306 e. The molecular weight excluding hydrogens is 274 g/mol. The Bertz CT molecular complexity index is 687. The van der Waals surface area contributed by atoms with E-state index in [4.69, 9.17) is 11.6 Å². The first kappa shape index (κ1) is 13.5. The van der Waals surface area contributed by atoms with Crippen LogP contribution in [0, 0.1) is 5.92 Å². The molecule has 0 spiro atoms. The van der Waals surface area contributed by atoms with E-state index < -0.39 is 5.97 Å². The smallest absolute Gasteiger partial charge is 0.306 e. The number of carboxylic acid groups (broad SMARTS) is 1. The van der Waals surface area contributed by atoms with Gasteiger partial charge in [-0.3, -0.25) is 4.79 Å². The summed E-state index contributed by atoms with van der Waals surface area (Å²) in [6.45, 7) is 4.33. The zero-order chi connectivity index (χ0) is 14.4. The third-order valence-electron chi connectivity index (χ3n) is 4.23. The highest BCUT2D eigenvalue weighted by molar-refractivity contribution is 6.31. The molecule has 0 aliphatic heterocycles. The summed E-state index contributed by atoms with van der Waals surface area (Å²) in [6, 6.07) is 6.29. The molecule has 4 heteroatoms. The number of aromatic nitrogens is 1. The molecule has 1 heterocycles. The average Bonchev–Trinajstić information content (AvgIpc) is 2.71. The van der Waals surface area contributed by atoms with Crippen LogP contribution in [0.25, 0.3) is 10.9 Å². The molecule has 2 aromatic rings. The number of carboxylic acids is 1. The Morgan fingerprint density at radius 1 is 1.45 bits per heavy atom. The Balaban J connectivity index is 2.24. The second-order valence-electron chi connectivity index (χ2n) is 5.83. The predicted octanol–water partition coefficient (Wildman–Crippen LogP) is 4.07. The van der Waals surface area contributed by atoms with E-state index >= 15 is 0 Å². The van der Waals surface area contributed by atoms with Gasteiger partial charge in [-0.25, -0.2) is 0 Å². The average molecular weight is 292 g/mol. The monoisotopic (exact) mass is 291 g/mol. The van der Waals surface area contributed by atoms with Crippen molar-refractivity contribution in [2.75, 3.05) is 0 Å². The van der Waals surface area contributed by atoms with E-state index in [1.807, 2.05) is 18.2 Å². The van der Waals surface area contributed by atoms with Crippen molar-refractivity contribution in [1.29, 1.82) is 0 Å². The quantitative estimate of drug-likeness (QED) is 0.906. The Morgan fingerprint density at radius 2 is 2.20 bits per heavy atom. The molecule has 1 unspecified atom stereocenters. The van der Waals surface area contributed by atoms with Crippen molar-refractivity contribution in [2.45, 2.75) is 39.2 Å². The molecule has 1 aliphatic rings. The summed E-state index contributed by atoms with van der Waals surface area (Å²) in [6.07, 6.45) is 2.16. The molecule has 106 valence electrons. The molecule has 1 aromatic heterocycles.